The highest BCUT2D eigenvalue weighted by molar-refractivity contribution is 6.30. The molecular weight excluding hydrogens is 291 g/mol. The van der Waals surface area contributed by atoms with Gasteiger partial charge in [-0.1, -0.05) is 23.7 Å². The van der Waals surface area contributed by atoms with Gasteiger partial charge >= 0.3 is 0 Å². The van der Waals surface area contributed by atoms with Gasteiger partial charge in [-0.05, 0) is 50.6 Å². The van der Waals surface area contributed by atoms with E-state index >= 15 is 0 Å². The van der Waals surface area contributed by atoms with Crippen molar-refractivity contribution >= 4 is 36.4 Å². The zero-order valence-electron chi connectivity index (χ0n) is 10.6. The molecule has 0 saturated carbocycles. The number of benzene rings is 1. The van der Waals surface area contributed by atoms with Crippen molar-refractivity contribution in [1.29, 1.82) is 0 Å². The second-order valence-corrected chi connectivity index (χ2v) is 5.29. The zero-order chi connectivity index (χ0) is 11.6. The first-order chi connectivity index (χ1) is 7.58. The largest absolute Gasteiger partial charge is 0.313 e. The van der Waals surface area contributed by atoms with E-state index in [1.165, 1.54) is 18.4 Å². The number of likely N-dealkylation sites (tertiary alicyclic amines) is 1. The Morgan fingerprint density at radius 3 is 2.17 bits per heavy atom. The molecule has 1 aliphatic heterocycles. The summed E-state index contributed by atoms with van der Waals surface area (Å²) in [5, 5.41) is 0.781. The van der Waals surface area contributed by atoms with Crippen LogP contribution in [0.4, 0.5) is 0 Å². The summed E-state index contributed by atoms with van der Waals surface area (Å²) in [4.78, 5) is 2.38. The quantitative estimate of drug-likeness (QED) is 0.926. The first-order valence-corrected chi connectivity index (χ1v) is 6.24. The molecule has 1 aromatic carbocycles. The minimum atomic E-state index is -0.232. The summed E-state index contributed by atoms with van der Waals surface area (Å²) in [6.45, 7) is 4.37. The molecule has 1 heterocycles. The number of rotatable bonds is 3. The molecular formula is C13H21Cl3N2. The number of nitrogens with two attached hydrogens (primary N) is 1. The lowest BCUT2D eigenvalue weighted by Gasteiger charge is -2.35. The first-order valence-electron chi connectivity index (χ1n) is 5.86. The van der Waals surface area contributed by atoms with Crippen molar-refractivity contribution in [3.63, 3.8) is 0 Å². The molecule has 18 heavy (non-hydrogen) atoms. The predicted octanol–water partition coefficient (Wildman–Crippen LogP) is 3.50. The molecule has 0 radical (unpaired) electrons. The average Bonchev–Trinajstić information content (AvgIpc) is 2.75. The number of hydrogen-bond acceptors (Lipinski definition) is 2. The number of halogens is 3. The van der Waals surface area contributed by atoms with Crippen LogP contribution in [0.2, 0.25) is 5.02 Å². The van der Waals surface area contributed by atoms with E-state index in [9.17, 15) is 0 Å². The van der Waals surface area contributed by atoms with Gasteiger partial charge in [-0.15, -0.1) is 24.8 Å². The number of nitrogens with zero attached hydrogens (tertiary/aromatic N) is 1. The highest BCUT2D eigenvalue weighted by Gasteiger charge is 2.29. The summed E-state index contributed by atoms with van der Waals surface area (Å²) in [6, 6.07) is 7.97. The van der Waals surface area contributed by atoms with Crippen LogP contribution in [-0.4, -0.2) is 23.7 Å². The van der Waals surface area contributed by atoms with Gasteiger partial charge in [0.2, 0.25) is 0 Å². The Labute approximate surface area is 127 Å². The summed E-state index contributed by atoms with van der Waals surface area (Å²) in [7, 11) is 0. The van der Waals surface area contributed by atoms with Crippen molar-refractivity contribution < 1.29 is 0 Å². The first kappa shape index (κ1) is 18.0. The van der Waals surface area contributed by atoms with Crippen molar-refractivity contribution in [2.24, 2.45) is 5.73 Å². The molecule has 1 aliphatic rings. The van der Waals surface area contributed by atoms with Crippen LogP contribution in [0.15, 0.2) is 24.3 Å². The van der Waals surface area contributed by atoms with Crippen LogP contribution in [0.3, 0.4) is 0 Å². The van der Waals surface area contributed by atoms with E-state index in [1.54, 1.807) is 0 Å². The fourth-order valence-electron chi connectivity index (χ4n) is 2.36. The molecule has 2 N–H and O–H groups in total. The lowest BCUT2D eigenvalue weighted by molar-refractivity contribution is 0.142. The summed E-state index contributed by atoms with van der Waals surface area (Å²) in [6.07, 6.45) is 3.42. The van der Waals surface area contributed by atoms with Crippen molar-refractivity contribution in [2.45, 2.75) is 31.8 Å². The maximum atomic E-state index is 6.39. The Balaban J connectivity index is 0.00000144. The van der Waals surface area contributed by atoms with Gasteiger partial charge in [0.25, 0.3) is 0 Å². The molecule has 0 spiro atoms. The molecule has 0 bridgehead atoms. The summed E-state index contributed by atoms with van der Waals surface area (Å²) < 4.78 is 0. The van der Waals surface area contributed by atoms with Crippen LogP contribution < -0.4 is 5.73 Å². The van der Waals surface area contributed by atoms with E-state index in [4.69, 9.17) is 17.3 Å². The van der Waals surface area contributed by atoms with Gasteiger partial charge in [-0.2, -0.15) is 0 Å². The van der Waals surface area contributed by atoms with Crippen LogP contribution in [0.25, 0.3) is 0 Å². The van der Waals surface area contributed by atoms with E-state index in [0.29, 0.717) is 0 Å². The second kappa shape index (κ2) is 7.56. The third kappa shape index (κ3) is 4.60. The molecule has 0 amide bonds. The van der Waals surface area contributed by atoms with E-state index in [0.717, 1.165) is 24.5 Å². The fourth-order valence-corrected chi connectivity index (χ4v) is 2.48. The molecule has 2 nitrogen and oxygen atoms in total. The summed E-state index contributed by atoms with van der Waals surface area (Å²) >= 11 is 5.87. The third-order valence-corrected chi connectivity index (χ3v) is 3.56. The van der Waals surface area contributed by atoms with E-state index < -0.39 is 0 Å². The fraction of sp³-hybridized carbons (Fsp3) is 0.538. The summed E-state index contributed by atoms with van der Waals surface area (Å²) in [5.74, 6) is 0. The Bertz CT molecular complexity index is 346. The number of hydrogen-bond donors (Lipinski definition) is 1. The Morgan fingerprint density at radius 2 is 1.67 bits per heavy atom. The topological polar surface area (TPSA) is 29.3 Å². The van der Waals surface area contributed by atoms with E-state index in [1.807, 2.05) is 12.1 Å². The van der Waals surface area contributed by atoms with Crippen molar-refractivity contribution in [1.82, 2.24) is 4.90 Å². The third-order valence-electron chi connectivity index (χ3n) is 3.30. The molecule has 0 aliphatic carbocycles. The van der Waals surface area contributed by atoms with Gasteiger partial charge in [0.1, 0.15) is 0 Å². The van der Waals surface area contributed by atoms with Gasteiger partial charge in [0.05, 0.1) is 5.66 Å². The predicted molar refractivity (Wildman–Crippen MR) is 83.1 cm³/mol. The van der Waals surface area contributed by atoms with Gasteiger partial charge < -0.3 is 5.73 Å². The minimum absolute atomic E-state index is 0. The maximum Gasteiger partial charge on any atom is 0.0699 e. The molecule has 0 aromatic heterocycles. The Morgan fingerprint density at radius 1 is 1.17 bits per heavy atom. The average molecular weight is 312 g/mol. The summed E-state index contributed by atoms with van der Waals surface area (Å²) in [5.41, 5.74) is 7.40. The lowest BCUT2D eigenvalue weighted by Crippen LogP contribution is -2.53. The van der Waals surface area contributed by atoms with Crippen LogP contribution in [-0.2, 0) is 6.42 Å². The van der Waals surface area contributed by atoms with Gasteiger partial charge in [-0.3, -0.25) is 4.90 Å². The van der Waals surface area contributed by atoms with Gasteiger partial charge in [-0.25, -0.2) is 0 Å². The molecule has 1 atom stereocenters. The molecule has 1 saturated heterocycles. The highest BCUT2D eigenvalue weighted by Crippen LogP contribution is 2.21. The van der Waals surface area contributed by atoms with Gasteiger partial charge in [0.15, 0.2) is 0 Å². The Hall–Kier alpha value is 0.01000. The Kier molecular flexibility index (Phi) is 7.57. The smallest absolute Gasteiger partial charge is 0.0699 e. The standard InChI is InChI=1S/C13H19ClN2.2ClH/c1-13(15,16-8-2-3-9-16)10-11-4-6-12(14)7-5-11;;/h4-7H,2-3,8-10,15H2,1H3;2*1H. The molecule has 2 rings (SSSR count). The maximum absolute atomic E-state index is 6.39. The van der Waals surface area contributed by atoms with Crippen molar-refractivity contribution in [2.75, 3.05) is 13.1 Å². The van der Waals surface area contributed by atoms with Crippen LogP contribution in [0, 0.1) is 0 Å². The second-order valence-electron chi connectivity index (χ2n) is 4.85. The zero-order valence-corrected chi connectivity index (χ0v) is 13.0. The lowest BCUT2D eigenvalue weighted by atomic mass is 10.0. The van der Waals surface area contributed by atoms with E-state index in [2.05, 4.69) is 24.0 Å². The van der Waals surface area contributed by atoms with Crippen LogP contribution >= 0.6 is 36.4 Å². The minimum Gasteiger partial charge on any atom is -0.313 e. The van der Waals surface area contributed by atoms with Crippen LogP contribution in [0.1, 0.15) is 25.3 Å². The van der Waals surface area contributed by atoms with E-state index in [-0.39, 0.29) is 30.5 Å². The van der Waals surface area contributed by atoms with Crippen molar-refractivity contribution in [3.8, 4) is 0 Å². The molecule has 104 valence electrons. The SMILES string of the molecule is CC(N)(Cc1ccc(Cl)cc1)N1CCCC1.Cl.Cl. The molecule has 1 fully saturated rings. The van der Waals surface area contributed by atoms with Crippen molar-refractivity contribution in [3.05, 3.63) is 34.9 Å². The normalized spacial score (nSPS) is 18.6. The van der Waals surface area contributed by atoms with Gasteiger partial charge in [0, 0.05) is 11.4 Å². The molecule has 1 unspecified atom stereocenters. The van der Waals surface area contributed by atoms with Crippen LogP contribution in [0.5, 0.6) is 0 Å². The highest BCUT2D eigenvalue weighted by atomic mass is 35.5. The molecule has 1 aromatic rings. The molecule has 5 heteroatoms. The monoisotopic (exact) mass is 310 g/mol.